The summed E-state index contributed by atoms with van der Waals surface area (Å²) in [5.74, 6) is 1.60. The van der Waals surface area contributed by atoms with Crippen LogP contribution in [0.5, 0.6) is 5.75 Å². The lowest BCUT2D eigenvalue weighted by Crippen LogP contribution is -1.89. The number of aromatic nitrogens is 2. The van der Waals surface area contributed by atoms with Crippen molar-refractivity contribution in [3.8, 4) is 17.1 Å². The van der Waals surface area contributed by atoms with E-state index in [1.165, 1.54) is 0 Å². The molecule has 21 heavy (non-hydrogen) atoms. The molecule has 3 rings (SSSR count). The molecule has 0 bridgehead atoms. The summed E-state index contributed by atoms with van der Waals surface area (Å²) in [6, 6.07) is 19.8. The SMILES string of the molecule is COc1ccc(Sc2ccnc(-c3ccccc3)n2)cc1. The smallest absolute Gasteiger partial charge is 0.160 e. The van der Waals surface area contributed by atoms with Crippen LogP contribution >= 0.6 is 11.8 Å². The van der Waals surface area contributed by atoms with Gasteiger partial charge in [-0.15, -0.1) is 0 Å². The van der Waals surface area contributed by atoms with Gasteiger partial charge in [-0.25, -0.2) is 9.97 Å². The molecule has 0 saturated heterocycles. The van der Waals surface area contributed by atoms with Crippen molar-refractivity contribution in [1.82, 2.24) is 9.97 Å². The molecule has 0 aliphatic carbocycles. The second-order valence-electron chi connectivity index (χ2n) is 4.36. The Bertz CT molecular complexity index is 714. The van der Waals surface area contributed by atoms with Gasteiger partial charge in [0.05, 0.1) is 7.11 Å². The highest BCUT2D eigenvalue weighted by Crippen LogP contribution is 2.28. The van der Waals surface area contributed by atoms with Gasteiger partial charge in [-0.2, -0.15) is 0 Å². The van der Waals surface area contributed by atoms with Crippen LogP contribution < -0.4 is 4.74 Å². The Morgan fingerprint density at radius 2 is 1.67 bits per heavy atom. The van der Waals surface area contributed by atoms with E-state index < -0.39 is 0 Å². The molecule has 0 N–H and O–H groups in total. The third-order valence-corrected chi connectivity index (χ3v) is 3.89. The van der Waals surface area contributed by atoms with Crippen LogP contribution in [0.2, 0.25) is 0 Å². The van der Waals surface area contributed by atoms with Crippen molar-refractivity contribution in [2.45, 2.75) is 9.92 Å². The molecule has 4 heteroatoms. The van der Waals surface area contributed by atoms with E-state index in [-0.39, 0.29) is 0 Å². The minimum atomic E-state index is 0.745. The molecule has 0 aliphatic heterocycles. The van der Waals surface area contributed by atoms with Gasteiger partial charge in [-0.1, -0.05) is 42.1 Å². The molecule has 0 spiro atoms. The van der Waals surface area contributed by atoms with E-state index in [0.29, 0.717) is 0 Å². The monoisotopic (exact) mass is 294 g/mol. The number of hydrogen-bond acceptors (Lipinski definition) is 4. The zero-order valence-corrected chi connectivity index (χ0v) is 12.4. The van der Waals surface area contributed by atoms with Gasteiger partial charge < -0.3 is 4.74 Å². The van der Waals surface area contributed by atoms with E-state index in [0.717, 1.165) is 27.1 Å². The van der Waals surface area contributed by atoms with Crippen molar-refractivity contribution < 1.29 is 4.74 Å². The van der Waals surface area contributed by atoms with E-state index in [1.54, 1.807) is 25.1 Å². The van der Waals surface area contributed by atoms with Gasteiger partial charge in [-0.05, 0) is 30.3 Å². The predicted octanol–water partition coefficient (Wildman–Crippen LogP) is 4.30. The Hall–Kier alpha value is -2.33. The van der Waals surface area contributed by atoms with Gasteiger partial charge in [0, 0.05) is 16.7 Å². The maximum atomic E-state index is 5.16. The van der Waals surface area contributed by atoms with Crippen LogP contribution in [0, 0.1) is 0 Å². The van der Waals surface area contributed by atoms with E-state index in [2.05, 4.69) is 9.97 Å². The summed E-state index contributed by atoms with van der Waals surface area (Å²) in [5, 5.41) is 0.925. The van der Waals surface area contributed by atoms with Crippen molar-refractivity contribution >= 4 is 11.8 Å². The van der Waals surface area contributed by atoms with E-state index in [1.807, 2.05) is 60.7 Å². The van der Waals surface area contributed by atoms with E-state index in [4.69, 9.17) is 4.74 Å². The van der Waals surface area contributed by atoms with Crippen LogP contribution in [0.4, 0.5) is 0 Å². The lowest BCUT2D eigenvalue weighted by Gasteiger charge is -2.05. The first kappa shape index (κ1) is 13.6. The number of nitrogens with zero attached hydrogens (tertiary/aromatic N) is 2. The number of hydrogen-bond donors (Lipinski definition) is 0. The van der Waals surface area contributed by atoms with Crippen LogP contribution in [-0.2, 0) is 0 Å². The number of methoxy groups -OCH3 is 1. The third kappa shape index (κ3) is 3.41. The van der Waals surface area contributed by atoms with Gasteiger partial charge in [0.2, 0.25) is 0 Å². The maximum absolute atomic E-state index is 5.16. The molecule has 0 unspecified atom stereocenters. The second-order valence-corrected chi connectivity index (χ2v) is 5.46. The molecule has 2 aromatic carbocycles. The zero-order chi connectivity index (χ0) is 14.5. The number of ether oxygens (including phenoxy) is 1. The Morgan fingerprint density at radius 1 is 0.905 bits per heavy atom. The largest absolute Gasteiger partial charge is 0.497 e. The van der Waals surface area contributed by atoms with Crippen molar-refractivity contribution in [2.75, 3.05) is 7.11 Å². The fraction of sp³-hybridized carbons (Fsp3) is 0.0588. The fourth-order valence-corrected chi connectivity index (χ4v) is 2.66. The molecule has 0 aliphatic rings. The lowest BCUT2D eigenvalue weighted by molar-refractivity contribution is 0.414. The van der Waals surface area contributed by atoms with Crippen LogP contribution in [0.25, 0.3) is 11.4 Å². The molecule has 1 aromatic heterocycles. The average molecular weight is 294 g/mol. The molecule has 0 fully saturated rings. The maximum Gasteiger partial charge on any atom is 0.160 e. The van der Waals surface area contributed by atoms with Gasteiger partial charge in [0.1, 0.15) is 10.8 Å². The molecule has 3 aromatic rings. The Balaban J connectivity index is 1.83. The van der Waals surface area contributed by atoms with E-state index in [9.17, 15) is 0 Å². The molecule has 104 valence electrons. The summed E-state index contributed by atoms with van der Waals surface area (Å²) in [4.78, 5) is 10.1. The number of rotatable bonds is 4. The third-order valence-electron chi connectivity index (χ3n) is 2.94. The standard InChI is InChI=1S/C17H14N2OS/c1-20-14-7-9-15(10-8-14)21-16-11-12-18-17(19-16)13-5-3-2-4-6-13/h2-12H,1H3. The summed E-state index contributed by atoms with van der Waals surface area (Å²) < 4.78 is 5.16. The van der Waals surface area contributed by atoms with Gasteiger partial charge in [-0.3, -0.25) is 0 Å². The van der Waals surface area contributed by atoms with Gasteiger partial charge in [0.15, 0.2) is 5.82 Å². The summed E-state index contributed by atoms with van der Waals surface area (Å²) in [5.41, 5.74) is 1.02. The molecule has 0 radical (unpaired) electrons. The van der Waals surface area contributed by atoms with Crippen molar-refractivity contribution in [1.29, 1.82) is 0 Å². The molecule has 0 amide bonds. The molecule has 1 heterocycles. The van der Waals surface area contributed by atoms with Crippen LogP contribution in [0.3, 0.4) is 0 Å². The lowest BCUT2D eigenvalue weighted by atomic mass is 10.2. The molecular weight excluding hydrogens is 280 g/mol. The summed E-state index contributed by atoms with van der Waals surface area (Å²) in [6.45, 7) is 0. The normalized spacial score (nSPS) is 10.3. The van der Waals surface area contributed by atoms with E-state index >= 15 is 0 Å². The fourth-order valence-electron chi connectivity index (χ4n) is 1.89. The topological polar surface area (TPSA) is 35.0 Å². The molecular formula is C17H14N2OS. The van der Waals surface area contributed by atoms with Crippen LogP contribution in [-0.4, -0.2) is 17.1 Å². The molecule has 0 saturated carbocycles. The van der Waals surface area contributed by atoms with Crippen LogP contribution in [0.15, 0.2) is 76.8 Å². The Kier molecular flexibility index (Phi) is 4.17. The summed E-state index contributed by atoms with van der Waals surface area (Å²) in [7, 11) is 1.67. The summed E-state index contributed by atoms with van der Waals surface area (Å²) >= 11 is 1.61. The number of benzene rings is 2. The summed E-state index contributed by atoms with van der Waals surface area (Å²) in [6.07, 6.45) is 1.79. The second kappa shape index (κ2) is 6.41. The van der Waals surface area contributed by atoms with Crippen molar-refractivity contribution in [3.05, 3.63) is 66.9 Å². The van der Waals surface area contributed by atoms with Crippen molar-refractivity contribution in [2.24, 2.45) is 0 Å². The predicted molar refractivity (Wildman–Crippen MR) is 84.6 cm³/mol. The highest BCUT2D eigenvalue weighted by atomic mass is 32.2. The first-order valence-corrected chi connectivity index (χ1v) is 7.37. The molecule has 0 atom stereocenters. The highest BCUT2D eigenvalue weighted by molar-refractivity contribution is 7.99. The minimum Gasteiger partial charge on any atom is -0.497 e. The van der Waals surface area contributed by atoms with Crippen molar-refractivity contribution in [3.63, 3.8) is 0 Å². The quantitative estimate of drug-likeness (QED) is 0.672. The van der Waals surface area contributed by atoms with Gasteiger partial charge >= 0.3 is 0 Å². The first-order chi connectivity index (χ1) is 10.3. The minimum absolute atomic E-state index is 0.745. The highest BCUT2D eigenvalue weighted by Gasteiger charge is 2.04. The van der Waals surface area contributed by atoms with Gasteiger partial charge in [0.25, 0.3) is 0 Å². The average Bonchev–Trinajstić information content (AvgIpc) is 2.57. The first-order valence-electron chi connectivity index (χ1n) is 6.55. The zero-order valence-electron chi connectivity index (χ0n) is 11.6. The van der Waals surface area contributed by atoms with Crippen LogP contribution in [0.1, 0.15) is 0 Å². The Labute approximate surface area is 128 Å². The Morgan fingerprint density at radius 3 is 2.38 bits per heavy atom. The molecule has 3 nitrogen and oxygen atoms in total.